The van der Waals surface area contributed by atoms with E-state index >= 15 is 0 Å². The van der Waals surface area contributed by atoms with Gasteiger partial charge in [-0.1, -0.05) is 24.3 Å². The molecule has 2 heterocycles. The number of carbonyl (C=O) groups is 2. The number of carbonyl (C=O) groups excluding carboxylic acids is 2. The number of hydrogen-bond donors (Lipinski definition) is 2. The maximum absolute atomic E-state index is 13.0. The summed E-state index contributed by atoms with van der Waals surface area (Å²) >= 11 is 0. The van der Waals surface area contributed by atoms with Crippen molar-refractivity contribution < 1.29 is 19.8 Å². The van der Waals surface area contributed by atoms with Crippen molar-refractivity contribution in [2.45, 2.75) is 25.5 Å². The molecule has 164 valence electrons. The smallest absolute Gasteiger partial charge is 0.254 e. The molecular weight excluding hydrogens is 394 g/mol. The molecule has 4 rings (SSSR count). The van der Waals surface area contributed by atoms with Crippen LogP contribution in [0, 0.1) is 0 Å². The Morgan fingerprint density at radius 3 is 2.58 bits per heavy atom. The van der Waals surface area contributed by atoms with Crippen LogP contribution in [0.15, 0.2) is 42.5 Å². The van der Waals surface area contributed by atoms with Gasteiger partial charge in [-0.05, 0) is 47.7 Å². The van der Waals surface area contributed by atoms with E-state index in [1.807, 2.05) is 12.1 Å². The lowest BCUT2D eigenvalue weighted by Gasteiger charge is -2.34. The lowest BCUT2D eigenvalue weighted by Crippen LogP contribution is -2.46. The highest BCUT2D eigenvalue weighted by Gasteiger charge is 2.27. The van der Waals surface area contributed by atoms with Gasteiger partial charge < -0.3 is 20.0 Å². The molecule has 0 saturated heterocycles. The van der Waals surface area contributed by atoms with Crippen molar-refractivity contribution in [3.63, 3.8) is 0 Å². The van der Waals surface area contributed by atoms with Crippen LogP contribution in [-0.2, 0) is 24.2 Å². The van der Waals surface area contributed by atoms with Gasteiger partial charge in [-0.25, -0.2) is 0 Å². The summed E-state index contributed by atoms with van der Waals surface area (Å²) in [6.07, 6.45) is 1.73. The van der Waals surface area contributed by atoms with Crippen LogP contribution in [0.5, 0.6) is 0 Å². The van der Waals surface area contributed by atoms with Gasteiger partial charge in [-0.3, -0.25) is 14.5 Å². The van der Waals surface area contributed by atoms with Gasteiger partial charge in [0, 0.05) is 50.5 Å². The first-order valence-corrected chi connectivity index (χ1v) is 10.8. The average molecular weight is 424 g/mol. The number of nitrogens with zero attached hydrogens (tertiary/aromatic N) is 3. The molecule has 7 heteroatoms. The van der Waals surface area contributed by atoms with E-state index in [1.165, 1.54) is 16.0 Å². The highest BCUT2D eigenvalue weighted by atomic mass is 16.3. The largest absolute Gasteiger partial charge is 0.395 e. The van der Waals surface area contributed by atoms with Gasteiger partial charge in [-0.2, -0.15) is 0 Å². The molecule has 0 spiro atoms. The van der Waals surface area contributed by atoms with E-state index in [9.17, 15) is 14.7 Å². The molecule has 0 aliphatic carbocycles. The molecule has 2 aliphatic rings. The Morgan fingerprint density at radius 2 is 1.81 bits per heavy atom. The fourth-order valence-electron chi connectivity index (χ4n) is 4.55. The van der Waals surface area contributed by atoms with Crippen molar-refractivity contribution in [3.8, 4) is 0 Å². The third-order valence-electron chi connectivity index (χ3n) is 6.17. The summed E-state index contributed by atoms with van der Waals surface area (Å²) in [7, 11) is 0. The van der Waals surface area contributed by atoms with Gasteiger partial charge in [0.1, 0.15) is 0 Å². The lowest BCUT2D eigenvalue weighted by molar-refractivity contribution is -0.107. The number of hydrogen-bond acceptors (Lipinski definition) is 5. The number of anilines is 1. The Kier molecular flexibility index (Phi) is 6.65. The molecule has 0 bridgehead atoms. The minimum absolute atomic E-state index is 0.0874. The van der Waals surface area contributed by atoms with E-state index in [2.05, 4.69) is 23.1 Å². The van der Waals surface area contributed by atoms with E-state index in [-0.39, 0.29) is 19.1 Å². The predicted molar refractivity (Wildman–Crippen MR) is 118 cm³/mol. The molecular formula is C24H29N3O4. The average Bonchev–Trinajstić information content (AvgIpc) is 2.79. The van der Waals surface area contributed by atoms with Crippen LogP contribution >= 0.6 is 0 Å². The summed E-state index contributed by atoms with van der Waals surface area (Å²) in [6.45, 7) is 3.22. The number of rotatable bonds is 8. The Bertz CT molecular complexity index is 948. The van der Waals surface area contributed by atoms with Crippen LogP contribution in [0.3, 0.4) is 0 Å². The number of β-amino-alcohol motifs (C(OH)–C–C–N with tert-alkyl or cyclic N) is 1. The molecule has 0 fully saturated rings. The first-order chi connectivity index (χ1) is 15.1. The van der Waals surface area contributed by atoms with Crippen LogP contribution in [0.4, 0.5) is 5.69 Å². The molecule has 0 saturated carbocycles. The van der Waals surface area contributed by atoms with Gasteiger partial charge in [0.15, 0.2) is 0 Å². The van der Waals surface area contributed by atoms with Gasteiger partial charge in [0.05, 0.1) is 12.7 Å². The van der Waals surface area contributed by atoms with E-state index in [4.69, 9.17) is 5.11 Å². The van der Waals surface area contributed by atoms with Crippen LogP contribution in [0.1, 0.15) is 27.0 Å². The van der Waals surface area contributed by atoms with Crippen molar-refractivity contribution in [2.24, 2.45) is 0 Å². The third kappa shape index (κ3) is 4.79. The summed E-state index contributed by atoms with van der Waals surface area (Å²) in [4.78, 5) is 29.6. The zero-order valence-corrected chi connectivity index (χ0v) is 17.6. The normalized spacial score (nSPS) is 17.1. The molecule has 0 aromatic heterocycles. The molecule has 0 unspecified atom stereocenters. The first-order valence-electron chi connectivity index (χ1n) is 10.8. The maximum atomic E-state index is 13.0. The second-order valence-corrected chi connectivity index (χ2v) is 8.27. The van der Waals surface area contributed by atoms with Crippen LogP contribution < -0.4 is 4.90 Å². The van der Waals surface area contributed by atoms with E-state index < -0.39 is 6.10 Å². The molecule has 2 aromatic carbocycles. The highest BCUT2D eigenvalue weighted by molar-refractivity contribution is 5.97. The van der Waals surface area contributed by atoms with Crippen molar-refractivity contribution >= 4 is 18.0 Å². The number of fused-ring (bicyclic) bond motifs is 2. The van der Waals surface area contributed by atoms with Crippen LogP contribution in [-0.4, -0.2) is 77.8 Å². The molecule has 2 N–H and O–H groups in total. The molecule has 2 aliphatic heterocycles. The van der Waals surface area contributed by atoms with Crippen molar-refractivity contribution in [3.05, 3.63) is 64.7 Å². The van der Waals surface area contributed by atoms with Crippen LogP contribution in [0.25, 0.3) is 0 Å². The zero-order chi connectivity index (χ0) is 21.8. The minimum Gasteiger partial charge on any atom is -0.395 e. The second kappa shape index (κ2) is 9.60. The van der Waals surface area contributed by atoms with Gasteiger partial charge >= 0.3 is 0 Å². The van der Waals surface area contributed by atoms with E-state index in [0.29, 0.717) is 43.7 Å². The molecule has 7 nitrogen and oxygen atoms in total. The second-order valence-electron chi connectivity index (χ2n) is 8.27. The predicted octanol–water partition coefficient (Wildman–Crippen LogP) is 1.06. The summed E-state index contributed by atoms with van der Waals surface area (Å²) in [5.41, 5.74) is 4.87. The Hall–Kier alpha value is -2.74. The summed E-state index contributed by atoms with van der Waals surface area (Å²) < 4.78 is 0. The molecule has 1 atom stereocenters. The fraction of sp³-hybridized carbons (Fsp3) is 0.417. The first kappa shape index (κ1) is 21.5. The van der Waals surface area contributed by atoms with Gasteiger partial charge in [0.25, 0.3) is 5.91 Å². The summed E-state index contributed by atoms with van der Waals surface area (Å²) in [6, 6.07) is 13.7. The van der Waals surface area contributed by atoms with Crippen LogP contribution in [0.2, 0.25) is 0 Å². The number of aliphatic hydroxyl groups excluding tert-OH is 2. The Balaban J connectivity index is 1.36. The number of benzene rings is 2. The third-order valence-corrected chi connectivity index (χ3v) is 6.17. The minimum atomic E-state index is -0.606. The SMILES string of the molecule is O=CN(CCO)c1ccc2c(c1)CCN(C[C@H](O)CN1CCc3ccccc3C1)C2=O. The molecule has 2 amide bonds. The fourth-order valence-corrected chi connectivity index (χ4v) is 4.55. The van der Waals surface area contributed by atoms with Crippen molar-refractivity contribution in [1.82, 2.24) is 9.80 Å². The number of amides is 2. The Morgan fingerprint density at radius 1 is 1.03 bits per heavy atom. The molecule has 0 radical (unpaired) electrons. The molecule has 31 heavy (non-hydrogen) atoms. The Labute approximate surface area is 182 Å². The van der Waals surface area contributed by atoms with E-state index in [0.717, 1.165) is 25.1 Å². The quantitative estimate of drug-likeness (QED) is 0.621. The summed E-state index contributed by atoms with van der Waals surface area (Å²) in [5.74, 6) is -0.0874. The standard InChI is InChI=1S/C24H29N3O4/c28-12-11-27(17-29)21-5-6-23-19(13-21)8-10-26(24(23)31)16-22(30)15-25-9-7-18-3-1-2-4-20(18)14-25/h1-6,13,17,22,28,30H,7-12,14-16H2/t22-/m1/s1. The highest BCUT2D eigenvalue weighted by Crippen LogP contribution is 2.25. The monoisotopic (exact) mass is 423 g/mol. The van der Waals surface area contributed by atoms with Gasteiger partial charge in [-0.15, -0.1) is 0 Å². The zero-order valence-electron chi connectivity index (χ0n) is 17.6. The maximum Gasteiger partial charge on any atom is 0.254 e. The van der Waals surface area contributed by atoms with Crippen molar-refractivity contribution in [1.29, 1.82) is 0 Å². The summed E-state index contributed by atoms with van der Waals surface area (Å²) in [5, 5.41) is 19.8. The molecule has 2 aromatic rings. The lowest BCUT2D eigenvalue weighted by atomic mass is 9.97. The van der Waals surface area contributed by atoms with Gasteiger partial charge in [0.2, 0.25) is 6.41 Å². The van der Waals surface area contributed by atoms with E-state index in [1.54, 1.807) is 17.0 Å². The number of aliphatic hydroxyl groups is 2. The topological polar surface area (TPSA) is 84.3 Å². The van der Waals surface area contributed by atoms with Crippen molar-refractivity contribution in [2.75, 3.05) is 44.2 Å².